The van der Waals surface area contributed by atoms with E-state index in [2.05, 4.69) is 9.72 Å². The Balaban J connectivity index is 2.09. The molecule has 0 radical (unpaired) electrons. The third-order valence-corrected chi connectivity index (χ3v) is 3.27. The Morgan fingerprint density at radius 1 is 1.50 bits per heavy atom. The van der Waals surface area contributed by atoms with Crippen LogP contribution < -0.4 is 0 Å². The van der Waals surface area contributed by atoms with Crippen LogP contribution in [0.1, 0.15) is 16.1 Å². The van der Waals surface area contributed by atoms with Crippen LogP contribution in [0.5, 0.6) is 0 Å². The van der Waals surface area contributed by atoms with Crippen molar-refractivity contribution >= 4 is 28.9 Å². The summed E-state index contributed by atoms with van der Waals surface area (Å²) in [5.74, 6) is -0.513. The average molecular weight is 266 g/mol. The molecule has 1 saturated heterocycles. The molecule has 0 aromatic carbocycles. The number of rotatable bonds is 3. The van der Waals surface area contributed by atoms with Crippen molar-refractivity contribution in [2.45, 2.75) is 6.54 Å². The van der Waals surface area contributed by atoms with Gasteiger partial charge in [-0.3, -0.25) is 19.5 Å². The Labute approximate surface area is 107 Å². The molecule has 0 spiro atoms. The molecule has 2 heterocycles. The fraction of sp³-hybridized carbons (Fsp3) is 0.273. The van der Waals surface area contributed by atoms with Gasteiger partial charge in [0.05, 0.1) is 30.7 Å². The number of carbonyl (C=O) groups is 3. The highest BCUT2D eigenvalue weighted by atomic mass is 32.2. The van der Waals surface area contributed by atoms with Crippen molar-refractivity contribution in [3.8, 4) is 0 Å². The van der Waals surface area contributed by atoms with Gasteiger partial charge >= 0.3 is 5.97 Å². The van der Waals surface area contributed by atoms with Crippen LogP contribution in [0.4, 0.5) is 4.79 Å². The maximum Gasteiger partial charge on any atom is 0.339 e. The molecule has 18 heavy (non-hydrogen) atoms. The summed E-state index contributed by atoms with van der Waals surface area (Å²) < 4.78 is 4.54. The molecule has 0 saturated carbocycles. The smallest absolute Gasteiger partial charge is 0.339 e. The van der Waals surface area contributed by atoms with Gasteiger partial charge < -0.3 is 4.74 Å². The quantitative estimate of drug-likeness (QED) is 0.761. The Morgan fingerprint density at radius 2 is 2.28 bits per heavy atom. The molecule has 2 amide bonds. The van der Waals surface area contributed by atoms with E-state index in [9.17, 15) is 14.4 Å². The van der Waals surface area contributed by atoms with E-state index in [-0.39, 0.29) is 23.4 Å². The number of thioether (sulfide) groups is 1. The van der Waals surface area contributed by atoms with Gasteiger partial charge in [-0.15, -0.1) is 0 Å². The zero-order chi connectivity index (χ0) is 13.1. The lowest BCUT2D eigenvalue weighted by atomic mass is 10.2. The van der Waals surface area contributed by atoms with Gasteiger partial charge in [0, 0.05) is 6.20 Å². The minimum absolute atomic E-state index is 0.131. The van der Waals surface area contributed by atoms with Gasteiger partial charge in [-0.1, -0.05) is 11.8 Å². The molecule has 1 aliphatic heterocycles. The molecule has 6 nitrogen and oxygen atoms in total. The van der Waals surface area contributed by atoms with Gasteiger partial charge in [0.15, 0.2) is 0 Å². The number of nitrogens with zero attached hydrogens (tertiary/aromatic N) is 2. The van der Waals surface area contributed by atoms with Crippen molar-refractivity contribution in [2.24, 2.45) is 0 Å². The summed E-state index contributed by atoms with van der Waals surface area (Å²) in [5, 5.41) is -0.265. The van der Waals surface area contributed by atoms with Crippen molar-refractivity contribution in [1.82, 2.24) is 9.88 Å². The predicted molar refractivity (Wildman–Crippen MR) is 64.0 cm³/mol. The fourth-order valence-corrected chi connectivity index (χ4v) is 2.18. The number of hydrogen-bond acceptors (Lipinski definition) is 6. The summed E-state index contributed by atoms with van der Waals surface area (Å²) in [6.07, 6.45) is 1.36. The van der Waals surface area contributed by atoms with Gasteiger partial charge in [-0.25, -0.2) is 4.79 Å². The van der Waals surface area contributed by atoms with Gasteiger partial charge in [0.1, 0.15) is 0 Å². The van der Waals surface area contributed by atoms with Crippen molar-refractivity contribution in [3.63, 3.8) is 0 Å². The number of hydrogen-bond donors (Lipinski definition) is 0. The van der Waals surface area contributed by atoms with E-state index in [0.717, 1.165) is 16.7 Å². The van der Waals surface area contributed by atoms with Gasteiger partial charge in [-0.05, 0) is 12.1 Å². The molecule has 1 aliphatic rings. The maximum atomic E-state index is 11.4. The molecule has 0 unspecified atom stereocenters. The van der Waals surface area contributed by atoms with E-state index in [1.807, 2.05) is 0 Å². The number of amides is 2. The number of esters is 1. The number of aromatic nitrogens is 1. The average Bonchev–Trinajstić information content (AvgIpc) is 2.70. The second-order valence-electron chi connectivity index (χ2n) is 3.56. The van der Waals surface area contributed by atoms with Crippen molar-refractivity contribution < 1.29 is 19.1 Å². The van der Waals surface area contributed by atoms with Crippen LogP contribution in [0.25, 0.3) is 0 Å². The molecule has 0 atom stereocenters. The minimum atomic E-state index is -0.474. The Bertz CT molecular complexity index is 484. The van der Waals surface area contributed by atoms with E-state index in [1.54, 1.807) is 12.1 Å². The second kappa shape index (κ2) is 5.18. The lowest BCUT2D eigenvalue weighted by Gasteiger charge is -2.11. The third kappa shape index (κ3) is 2.51. The topological polar surface area (TPSA) is 76.6 Å². The molecule has 1 aromatic rings. The van der Waals surface area contributed by atoms with E-state index >= 15 is 0 Å². The molecule has 0 aliphatic carbocycles. The van der Waals surface area contributed by atoms with Gasteiger partial charge in [0.25, 0.3) is 5.24 Å². The summed E-state index contributed by atoms with van der Waals surface area (Å²) >= 11 is 0.980. The summed E-state index contributed by atoms with van der Waals surface area (Å²) in [4.78, 5) is 39.1. The summed E-state index contributed by atoms with van der Waals surface area (Å²) in [7, 11) is 1.29. The molecule has 1 fully saturated rings. The molecule has 2 rings (SSSR count). The monoisotopic (exact) mass is 266 g/mol. The Morgan fingerprint density at radius 3 is 2.78 bits per heavy atom. The second-order valence-corrected chi connectivity index (χ2v) is 4.49. The first-order valence-electron chi connectivity index (χ1n) is 5.12. The molecular formula is C11H10N2O4S. The highest BCUT2D eigenvalue weighted by Crippen LogP contribution is 2.20. The highest BCUT2D eigenvalue weighted by Gasteiger charge is 2.30. The van der Waals surface area contributed by atoms with Crippen LogP contribution in [-0.2, 0) is 16.1 Å². The Kier molecular flexibility index (Phi) is 3.61. The van der Waals surface area contributed by atoms with Gasteiger partial charge in [-0.2, -0.15) is 0 Å². The molecule has 7 heteroatoms. The van der Waals surface area contributed by atoms with E-state index in [0.29, 0.717) is 11.3 Å². The number of ether oxygens (including phenoxy) is 1. The number of carbonyl (C=O) groups excluding carboxylic acids is 3. The lowest BCUT2D eigenvalue weighted by Crippen LogP contribution is -2.28. The first-order valence-corrected chi connectivity index (χ1v) is 6.10. The summed E-state index contributed by atoms with van der Waals surface area (Å²) in [6.45, 7) is 0.131. The van der Waals surface area contributed by atoms with E-state index in [1.165, 1.54) is 13.3 Å². The molecule has 0 bridgehead atoms. The predicted octanol–water partition coefficient (Wildman–Crippen LogP) is 1.06. The minimum Gasteiger partial charge on any atom is -0.465 e. The van der Waals surface area contributed by atoms with Crippen molar-refractivity contribution in [3.05, 3.63) is 29.6 Å². The van der Waals surface area contributed by atoms with E-state index in [4.69, 9.17) is 0 Å². The van der Waals surface area contributed by atoms with Gasteiger partial charge in [0.2, 0.25) is 5.91 Å². The van der Waals surface area contributed by atoms with Crippen LogP contribution in [0.2, 0.25) is 0 Å². The first-order chi connectivity index (χ1) is 8.61. The third-order valence-electron chi connectivity index (χ3n) is 2.41. The zero-order valence-corrected chi connectivity index (χ0v) is 10.4. The van der Waals surface area contributed by atoms with Crippen molar-refractivity contribution in [1.29, 1.82) is 0 Å². The number of pyridine rings is 1. The number of methoxy groups -OCH3 is 1. The van der Waals surface area contributed by atoms with Crippen molar-refractivity contribution in [2.75, 3.05) is 12.9 Å². The fourth-order valence-electron chi connectivity index (χ4n) is 1.45. The number of imide groups is 1. The van der Waals surface area contributed by atoms with Crippen LogP contribution in [0.15, 0.2) is 18.3 Å². The lowest BCUT2D eigenvalue weighted by molar-refractivity contribution is -0.125. The SMILES string of the molecule is COC(=O)c1ccc(CN2C(=O)CSC2=O)nc1. The Hall–Kier alpha value is -1.89. The molecule has 94 valence electrons. The maximum absolute atomic E-state index is 11.4. The molecular weight excluding hydrogens is 256 g/mol. The summed E-state index contributed by atoms with van der Waals surface area (Å²) in [6, 6.07) is 3.14. The normalized spacial score (nSPS) is 15.1. The van der Waals surface area contributed by atoms with Crippen LogP contribution in [0, 0.1) is 0 Å². The summed E-state index contributed by atoms with van der Waals surface area (Å²) in [5.41, 5.74) is 0.876. The first kappa shape index (κ1) is 12.6. The van der Waals surface area contributed by atoms with E-state index < -0.39 is 5.97 Å². The molecule has 1 aromatic heterocycles. The highest BCUT2D eigenvalue weighted by molar-refractivity contribution is 8.14. The standard InChI is InChI=1S/C11H10N2O4S/c1-17-10(15)7-2-3-8(12-4-7)5-13-9(14)6-18-11(13)16/h2-4H,5-6H2,1H3. The largest absolute Gasteiger partial charge is 0.465 e. The van der Waals surface area contributed by atoms with Crippen LogP contribution in [-0.4, -0.2) is 39.9 Å². The van der Waals surface area contributed by atoms with Crippen LogP contribution >= 0.6 is 11.8 Å². The van der Waals surface area contributed by atoms with Crippen LogP contribution in [0.3, 0.4) is 0 Å². The molecule has 0 N–H and O–H groups in total. The zero-order valence-electron chi connectivity index (χ0n) is 9.58.